The third-order valence-corrected chi connectivity index (χ3v) is 3.61. The number of unbranched alkanes of at least 4 members (excludes halogenated alkanes) is 2. The van der Waals surface area contributed by atoms with Gasteiger partial charge in [0.05, 0.1) is 24.1 Å². The van der Waals surface area contributed by atoms with Crippen molar-refractivity contribution in [2.45, 2.75) is 38.3 Å². The van der Waals surface area contributed by atoms with Crippen LogP contribution < -0.4 is 10.5 Å². The molecule has 2 rings (SSSR count). The third kappa shape index (κ3) is 3.58. The number of nitrogens with zero attached hydrogens (tertiary/aromatic N) is 4. The number of aromatic nitrogens is 2. The molecule has 0 aliphatic carbocycles. The van der Waals surface area contributed by atoms with Gasteiger partial charge in [0.15, 0.2) is 0 Å². The van der Waals surface area contributed by atoms with E-state index < -0.39 is 0 Å². The molecule has 1 fully saturated rings. The molecule has 1 aromatic rings. The van der Waals surface area contributed by atoms with Crippen LogP contribution in [-0.4, -0.2) is 36.1 Å². The summed E-state index contributed by atoms with van der Waals surface area (Å²) in [6.45, 7) is 2.27. The lowest BCUT2D eigenvalue weighted by Crippen LogP contribution is -2.27. The smallest absolute Gasteiger partial charge is 0.268 e. The molecule has 1 unspecified atom stereocenters. The molecular weight excluding hydrogens is 256 g/mol. The molecule has 0 bridgehead atoms. The first-order valence-electron chi connectivity index (χ1n) is 6.96. The van der Waals surface area contributed by atoms with Gasteiger partial charge < -0.3 is 9.64 Å². The van der Waals surface area contributed by atoms with Gasteiger partial charge in [-0.15, -0.1) is 0 Å². The molecule has 0 aromatic carbocycles. The van der Waals surface area contributed by atoms with E-state index in [9.17, 15) is 4.79 Å². The van der Waals surface area contributed by atoms with Gasteiger partial charge in [-0.2, -0.15) is 10.4 Å². The van der Waals surface area contributed by atoms with Crippen molar-refractivity contribution in [3.05, 3.63) is 22.6 Å². The second kappa shape index (κ2) is 7.06. The SMILES string of the molecule is COC1CCN(c2cnn(CCCCC#N)c(=O)c2)C1. The van der Waals surface area contributed by atoms with Gasteiger partial charge in [-0.25, -0.2) is 4.68 Å². The fraction of sp³-hybridized carbons (Fsp3) is 0.643. The highest BCUT2D eigenvalue weighted by molar-refractivity contribution is 5.44. The van der Waals surface area contributed by atoms with Crippen molar-refractivity contribution in [2.75, 3.05) is 25.1 Å². The van der Waals surface area contributed by atoms with Crippen molar-refractivity contribution in [3.8, 4) is 6.07 Å². The summed E-state index contributed by atoms with van der Waals surface area (Å²) in [5.41, 5.74) is 0.781. The zero-order valence-corrected chi connectivity index (χ0v) is 11.8. The van der Waals surface area contributed by atoms with Crippen LogP contribution in [0.15, 0.2) is 17.1 Å². The van der Waals surface area contributed by atoms with Gasteiger partial charge in [0, 0.05) is 39.2 Å². The average Bonchev–Trinajstić information content (AvgIpc) is 2.94. The number of hydrogen-bond acceptors (Lipinski definition) is 5. The topological polar surface area (TPSA) is 71.2 Å². The molecular formula is C14H20N4O2. The number of methoxy groups -OCH3 is 1. The van der Waals surface area contributed by atoms with Crippen LogP contribution in [0.3, 0.4) is 0 Å². The maximum absolute atomic E-state index is 12.0. The normalized spacial score (nSPS) is 18.2. The van der Waals surface area contributed by atoms with Crippen molar-refractivity contribution in [1.29, 1.82) is 5.26 Å². The van der Waals surface area contributed by atoms with E-state index in [4.69, 9.17) is 10.00 Å². The van der Waals surface area contributed by atoms with Crippen LogP contribution in [0, 0.1) is 11.3 Å². The Morgan fingerprint density at radius 1 is 1.55 bits per heavy atom. The van der Waals surface area contributed by atoms with Crippen LogP contribution >= 0.6 is 0 Å². The number of hydrogen-bond donors (Lipinski definition) is 0. The molecule has 0 N–H and O–H groups in total. The summed E-state index contributed by atoms with van der Waals surface area (Å²) < 4.78 is 6.78. The Morgan fingerprint density at radius 3 is 3.05 bits per heavy atom. The van der Waals surface area contributed by atoms with Crippen LogP contribution in [0.1, 0.15) is 25.7 Å². The second-order valence-corrected chi connectivity index (χ2v) is 4.98. The van der Waals surface area contributed by atoms with E-state index in [0.717, 1.165) is 38.0 Å². The third-order valence-electron chi connectivity index (χ3n) is 3.61. The largest absolute Gasteiger partial charge is 0.380 e. The molecule has 0 saturated carbocycles. The summed E-state index contributed by atoms with van der Waals surface area (Å²) >= 11 is 0. The number of anilines is 1. The summed E-state index contributed by atoms with van der Waals surface area (Å²) in [7, 11) is 1.71. The molecule has 1 saturated heterocycles. The predicted molar refractivity (Wildman–Crippen MR) is 75.6 cm³/mol. The summed E-state index contributed by atoms with van der Waals surface area (Å²) in [4.78, 5) is 14.1. The molecule has 2 heterocycles. The fourth-order valence-electron chi connectivity index (χ4n) is 2.39. The summed E-state index contributed by atoms with van der Waals surface area (Å²) in [6.07, 6.45) is 5.09. The maximum atomic E-state index is 12.0. The Bertz CT molecular complexity index is 535. The second-order valence-electron chi connectivity index (χ2n) is 4.98. The molecule has 6 heteroatoms. The van der Waals surface area contributed by atoms with E-state index in [2.05, 4.69) is 16.1 Å². The molecule has 1 aliphatic rings. The molecule has 0 radical (unpaired) electrons. The fourth-order valence-corrected chi connectivity index (χ4v) is 2.39. The van der Waals surface area contributed by atoms with Crippen molar-refractivity contribution < 1.29 is 4.74 Å². The van der Waals surface area contributed by atoms with Gasteiger partial charge >= 0.3 is 0 Å². The Kier molecular flexibility index (Phi) is 5.13. The van der Waals surface area contributed by atoms with Crippen LogP contribution in [0.5, 0.6) is 0 Å². The molecule has 1 aliphatic heterocycles. The molecule has 108 valence electrons. The van der Waals surface area contributed by atoms with E-state index >= 15 is 0 Å². The molecule has 0 spiro atoms. The van der Waals surface area contributed by atoms with Gasteiger partial charge in [0.25, 0.3) is 5.56 Å². The van der Waals surface area contributed by atoms with Crippen molar-refractivity contribution in [3.63, 3.8) is 0 Å². The van der Waals surface area contributed by atoms with Crippen LogP contribution in [0.25, 0.3) is 0 Å². The highest BCUT2D eigenvalue weighted by atomic mass is 16.5. The highest BCUT2D eigenvalue weighted by Gasteiger charge is 2.22. The van der Waals surface area contributed by atoms with Crippen molar-refractivity contribution in [1.82, 2.24) is 9.78 Å². The van der Waals surface area contributed by atoms with Gasteiger partial charge in [-0.1, -0.05) is 0 Å². The first kappa shape index (κ1) is 14.5. The lowest BCUT2D eigenvalue weighted by Gasteiger charge is -2.18. The molecule has 6 nitrogen and oxygen atoms in total. The van der Waals surface area contributed by atoms with Gasteiger partial charge in [0.2, 0.25) is 0 Å². The van der Waals surface area contributed by atoms with E-state index in [1.165, 1.54) is 4.68 Å². The van der Waals surface area contributed by atoms with E-state index in [0.29, 0.717) is 13.0 Å². The molecule has 1 atom stereocenters. The predicted octanol–water partition coefficient (Wildman–Crippen LogP) is 1.16. The number of aryl methyl sites for hydroxylation is 1. The zero-order valence-electron chi connectivity index (χ0n) is 11.8. The highest BCUT2D eigenvalue weighted by Crippen LogP contribution is 2.19. The monoisotopic (exact) mass is 276 g/mol. The minimum atomic E-state index is -0.0830. The van der Waals surface area contributed by atoms with Crippen LogP contribution in [-0.2, 0) is 11.3 Å². The number of ether oxygens (including phenoxy) is 1. The summed E-state index contributed by atoms with van der Waals surface area (Å²) in [6, 6.07) is 3.73. The first-order chi connectivity index (χ1) is 9.74. The molecule has 1 aromatic heterocycles. The zero-order chi connectivity index (χ0) is 14.4. The van der Waals surface area contributed by atoms with Gasteiger partial charge in [-0.3, -0.25) is 4.79 Å². The summed E-state index contributed by atoms with van der Waals surface area (Å²) in [5.74, 6) is 0. The van der Waals surface area contributed by atoms with E-state index in [1.807, 2.05) is 0 Å². The van der Waals surface area contributed by atoms with Crippen LogP contribution in [0.2, 0.25) is 0 Å². The van der Waals surface area contributed by atoms with Crippen molar-refractivity contribution in [2.24, 2.45) is 0 Å². The molecule has 0 amide bonds. The Labute approximate surface area is 118 Å². The minimum Gasteiger partial charge on any atom is -0.380 e. The Balaban J connectivity index is 1.96. The number of rotatable bonds is 6. The standard InChI is InChI=1S/C14H20N4O2/c1-20-13-5-8-17(11-13)12-9-14(19)18(16-10-12)7-4-2-3-6-15/h9-10,13H,2-5,7-8,11H2,1H3. The quantitative estimate of drug-likeness (QED) is 0.729. The lowest BCUT2D eigenvalue weighted by atomic mass is 10.2. The Morgan fingerprint density at radius 2 is 2.40 bits per heavy atom. The average molecular weight is 276 g/mol. The Hall–Kier alpha value is -1.87. The minimum absolute atomic E-state index is 0.0830. The lowest BCUT2D eigenvalue weighted by molar-refractivity contribution is 0.121. The maximum Gasteiger partial charge on any atom is 0.268 e. The number of nitriles is 1. The van der Waals surface area contributed by atoms with Gasteiger partial charge in [0.1, 0.15) is 0 Å². The van der Waals surface area contributed by atoms with Crippen LogP contribution in [0.4, 0.5) is 5.69 Å². The molecule has 20 heavy (non-hydrogen) atoms. The van der Waals surface area contributed by atoms with Crippen molar-refractivity contribution >= 4 is 5.69 Å². The van der Waals surface area contributed by atoms with E-state index in [-0.39, 0.29) is 11.7 Å². The summed E-state index contributed by atoms with van der Waals surface area (Å²) in [5, 5.41) is 12.7. The first-order valence-corrected chi connectivity index (χ1v) is 6.96. The van der Waals surface area contributed by atoms with Gasteiger partial charge in [-0.05, 0) is 19.3 Å². The van der Waals surface area contributed by atoms with E-state index in [1.54, 1.807) is 19.4 Å².